The van der Waals surface area contributed by atoms with E-state index in [-0.39, 0.29) is 21.8 Å². The van der Waals surface area contributed by atoms with Crippen molar-refractivity contribution in [3.8, 4) is 0 Å². The fourth-order valence-corrected chi connectivity index (χ4v) is 3.97. The van der Waals surface area contributed by atoms with E-state index >= 15 is 0 Å². The Morgan fingerprint density at radius 1 is 1.59 bits per heavy atom. The number of fused-ring (bicyclic) bond motifs is 2. The first-order chi connectivity index (χ1) is 8.13. The number of Topliss-reactive ketones (excluding diaryl/α,β-unsaturated/α-hetero) is 1. The Balaban J connectivity index is 2.15. The van der Waals surface area contributed by atoms with Gasteiger partial charge in [0.15, 0.2) is 5.78 Å². The van der Waals surface area contributed by atoms with Gasteiger partial charge < -0.3 is 4.74 Å². The largest absolute Gasteiger partial charge is 0.460 e. The highest BCUT2D eigenvalue weighted by Crippen LogP contribution is 2.49. The van der Waals surface area contributed by atoms with E-state index in [4.69, 9.17) is 10.3 Å². The topological polar surface area (TPSA) is 92.1 Å². The molecule has 0 spiro atoms. The fourth-order valence-electron chi connectivity index (χ4n) is 2.55. The van der Waals surface area contributed by atoms with Crippen LogP contribution in [-0.2, 0) is 14.3 Å². The molecule has 0 aromatic carbocycles. The summed E-state index contributed by atoms with van der Waals surface area (Å²) in [5.74, 6) is -0.401. The van der Waals surface area contributed by atoms with E-state index in [1.807, 2.05) is 0 Å². The first kappa shape index (κ1) is 12.6. The molecule has 2 rings (SSSR count). The highest BCUT2D eigenvalue weighted by Gasteiger charge is 2.62. The first-order valence-corrected chi connectivity index (χ1v) is 6.77. The number of azide groups is 1. The Morgan fingerprint density at radius 2 is 2.35 bits per heavy atom. The van der Waals surface area contributed by atoms with Crippen molar-refractivity contribution >= 4 is 34.3 Å². The maximum atomic E-state index is 12.0. The predicted molar refractivity (Wildman–Crippen MR) is 67.6 cm³/mol. The van der Waals surface area contributed by atoms with Gasteiger partial charge in [0.25, 0.3) is 0 Å². The van der Waals surface area contributed by atoms with Crippen molar-refractivity contribution in [3.63, 3.8) is 0 Å². The van der Waals surface area contributed by atoms with Gasteiger partial charge in [0, 0.05) is 17.9 Å². The normalized spacial score (nSPS) is 35.4. The lowest BCUT2D eigenvalue weighted by Gasteiger charge is -2.31. The van der Waals surface area contributed by atoms with E-state index in [1.54, 1.807) is 0 Å². The molecule has 0 amide bonds. The number of ketones is 1. The van der Waals surface area contributed by atoms with Crippen LogP contribution in [0.1, 0.15) is 25.7 Å². The lowest BCUT2D eigenvalue weighted by atomic mass is 9.71. The molecule has 0 aromatic heterocycles. The van der Waals surface area contributed by atoms with E-state index in [9.17, 15) is 9.59 Å². The van der Waals surface area contributed by atoms with E-state index in [1.165, 1.54) is 0 Å². The molecule has 3 atom stereocenters. The monoisotopic (exact) mass is 349 g/mol. The maximum absolute atomic E-state index is 12.0. The van der Waals surface area contributed by atoms with Gasteiger partial charge in [0.05, 0.1) is 3.92 Å². The van der Waals surface area contributed by atoms with E-state index < -0.39 is 5.41 Å². The number of alkyl halides is 1. The highest BCUT2D eigenvalue weighted by atomic mass is 127. The molecular weight excluding hydrogens is 337 g/mol. The van der Waals surface area contributed by atoms with Gasteiger partial charge >= 0.3 is 5.97 Å². The molecule has 2 fully saturated rings. The molecule has 0 aromatic rings. The number of nitrogens with zero attached hydrogens (tertiary/aromatic N) is 3. The average molecular weight is 349 g/mol. The SMILES string of the molecule is [N-]=[N+]=NCCC[C@@]12C(=O)CC[C@@H](OC1=O)[C@@H]2I. The molecular formula is C10H12IN3O3. The van der Waals surface area contributed by atoms with Crippen LogP contribution in [0.2, 0.25) is 0 Å². The van der Waals surface area contributed by atoms with Crippen LogP contribution in [0.3, 0.4) is 0 Å². The number of hydrogen-bond acceptors (Lipinski definition) is 4. The zero-order valence-corrected chi connectivity index (χ0v) is 11.3. The summed E-state index contributed by atoms with van der Waals surface area (Å²) in [6, 6.07) is 0. The lowest BCUT2D eigenvalue weighted by molar-refractivity contribution is -0.151. The third-order valence-corrected chi connectivity index (χ3v) is 5.33. The Hall–Kier alpha value is -0.820. The number of rotatable bonds is 4. The van der Waals surface area contributed by atoms with Crippen LogP contribution in [0.5, 0.6) is 0 Å². The van der Waals surface area contributed by atoms with Gasteiger partial charge in [-0.1, -0.05) is 27.7 Å². The second-order valence-corrected chi connectivity index (χ2v) is 5.68. The molecule has 7 heteroatoms. The van der Waals surface area contributed by atoms with E-state index in [0.29, 0.717) is 32.2 Å². The van der Waals surface area contributed by atoms with Gasteiger partial charge in [-0.15, -0.1) is 0 Å². The molecule has 17 heavy (non-hydrogen) atoms. The Kier molecular flexibility index (Phi) is 3.58. The number of carbonyl (C=O) groups excluding carboxylic acids is 2. The van der Waals surface area contributed by atoms with Crippen molar-refractivity contribution in [2.75, 3.05) is 6.54 Å². The fraction of sp³-hybridized carbons (Fsp3) is 0.800. The van der Waals surface area contributed by atoms with Gasteiger partial charge in [0.2, 0.25) is 0 Å². The minimum absolute atomic E-state index is 0.0170. The zero-order chi connectivity index (χ0) is 12.5. The van der Waals surface area contributed by atoms with Crippen molar-refractivity contribution < 1.29 is 14.3 Å². The van der Waals surface area contributed by atoms with Crippen LogP contribution >= 0.6 is 22.6 Å². The minimum atomic E-state index is -0.978. The summed E-state index contributed by atoms with van der Waals surface area (Å²) in [5, 5.41) is 3.43. The number of halogens is 1. The van der Waals surface area contributed by atoms with Crippen LogP contribution in [0.25, 0.3) is 10.4 Å². The quantitative estimate of drug-likeness (QED) is 0.114. The van der Waals surface area contributed by atoms with Crippen molar-refractivity contribution in [2.45, 2.75) is 35.7 Å². The second kappa shape index (κ2) is 4.81. The number of ether oxygens (including phenoxy) is 1. The van der Waals surface area contributed by atoms with Gasteiger partial charge in [-0.05, 0) is 24.8 Å². The Bertz CT molecular complexity index is 398. The molecule has 1 aliphatic heterocycles. The molecule has 1 saturated heterocycles. The Morgan fingerprint density at radius 3 is 3.06 bits per heavy atom. The summed E-state index contributed by atoms with van der Waals surface area (Å²) >= 11 is 2.15. The van der Waals surface area contributed by atoms with Crippen molar-refractivity contribution in [3.05, 3.63) is 10.4 Å². The summed E-state index contributed by atoms with van der Waals surface area (Å²) < 4.78 is 5.17. The molecule has 6 nitrogen and oxygen atoms in total. The molecule has 0 unspecified atom stereocenters. The summed E-state index contributed by atoms with van der Waals surface area (Å²) in [4.78, 5) is 26.6. The molecule has 2 aliphatic rings. The molecule has 1 aliphatic carbocycles. The summed E-state index contributed by atoms with van der Waals surface area (Å²) in [6.07, 6.45) is 1.89. The van der Waals surface area contributed by atoms with Gasteiger partial charge in [0.1, 0.15) is 11.5 Å². The number of hydrogen-bond donors (Lipinski definition) is 0. The van der Waals surface area contributed by atoms with Crippen molar-refractivity contribution in [2.24, 2.45) is 10.5 Å². The molecule has 2 bridgehead atoms. The van der Waals surface area contributed by atoms with E-state index in [2.05, 4.69) is 32.6 Å². The van der Waals surface area contributed by atoms with Gasteiger partial charge in [-0.3, -0.25) is 9.59 Å². The number of esters is 1. The van der Waals surface area contributed by atoms with Crippen LogP contribution in [0, 0.1) is 5.41 Å². The molecule has 92 valence electrons. The van der Waals surface area contributed by atoms with Crippen LogP contribution < -0.4 is 0 Å². The predicted octanol–water partition coefficient (Wildman–Crippen LogP) is 2.16. The molecule has 0 N–H and O–H groups in total. The van der Waals surface area contributed by atoms with Crippen LogP contribution in [0.4, 0.5) is 0 Å². The first-order valence-electron chi connectivity index (χ1n) is 5.52. The molecule has 0 radical (unpaired) electrons. The third kappa shape index (κ3) is 1.91. The molecule has 1 heterocycles. The standard InChI is InChI=1S/C10H12IN3O3/c11-8-6-2-3-7(15)10(8,9(16)17-6)4-1-5-13-14-12/h6,8H,1-5H2/t6-,8+,10+/m1/s1. The highest BCUT2D eigenvalue weighted by molar-refractivity contribution is 14.1. The van der Waals surface area contributed by atoms with Crippen molar-refractivity contribution in [1.29, 1.82) is 0 Å². The van der Waals surface area contributed by atoms with Crippen LogP contribution in [0.15, 0.2) is 5.11 Å². The summed E-state index contributed by atoms with van der Waals surface area (Å²) in [7, 11) is 0. The van der Waals surface area contributed by atoms with Gasteiger partial charge in [-0.2, -0.15) is 0 Å². The minimum Gasteiger partial charge on any atom is -0.460 e. The lowest BCUT2D eigenvalue weighted by Crippen LogP contribution is -2.46. The van der Waals surface area contributed by atoms with Crippen LogP contribution in [-0.4, -0.2) is 28.3 Å². The maximum Gasteiger partial charge on any atom is 0.321 e. The second-order valence-electron chi connectivity index (χ2n) is 4.34. The third-order valence-electron chi connectivity index (χ3n) is 3.47. The Labute approximate surface area is 112 Å². The smallest absolute Gasteiger partial charge is 0.321 e. The average Bonchev–Trinajstić information content (AvgIpc) is 2.46. The molecule has 1 saturated carbocycles. The van der Waals surface area contributed by atoms with Gasteiger partial charge in [-0.25, -0.2) is 0 Å². The zero-order valence-electron chi connectivity index (χ0n) is 9.13. The van der Waals surface area contributed by atoms with Crippen molar-refractivity contribution in [1.82, 2.24) is 0 Å². The number of carbonyl (C=O) groups is 2. The summed E-state index contributed by atoms with van der Waals surface area (Å²) in [5.41, 5.74) is 7.21. The van der Waals surface area contributed by atoms with E-state index in [0.717, 1.165) is 0 Å². The summed E-state index contributed by atoms with van der Waals surface area (Å²) in [6.45, 7) is 0.312.